The van der Waals surface area contributed by atoms with Crippen molar-refractivity contribution in [3.63, 3.8) is 0 Å². The zero-order chi connectivity index (χ0) is 23.3. The number of hydrogen-bond donors (Lipinski definition) is 1. The lowest BCUT2D eigenvalue weighted by molar-refractivity contribution is -0.137. The zero-order valence-electron chi connectivity index (χ0n) is 17.0. The number of fused-ring (bicyclic) bond motifs is 3. The molecule has 0 spiro atoms. The molecule has 0 aliphatic carbocycles. The van der Waals surface area contributed by atoms with E-state index in [9.17, 15) is 22.4 Å². The molecule has 1 saturated heterocycles. The van der Waals surface area contributed by atoms with Gasteiger partial charge in [-0.25, -0.2) is 14.4 Å². The van der Waals surface area contributed by atoms with E-state index in [2.05, 4.69) is 9.97 Å². The van der Waals surface area contributed by atoms with E-state index in [1.165, 1.54) is 35.6 Å². The van der Waals surface area contributed by atoms with E-state index in [-0.39, 0.29) is 36.6 Å². The van der Waals surface area contributed by atoms with E-state index in [1.54, 1.807) is 4.40 Å². The summed E-state index contributed by atoms with van der Waals surface area (Å²) in [4.78, 5) is 22.8. The molecule has 1 aliphatic heterocycles. The van der Waals surface area contributed by atoms with Crippen LogP contribution in [0.4, 0.5) is 23.4 Å². The van der Waals surface area contributed by atoms with Gasteiger partial charge in [0.2, 0.25) is 0 Å². The predicted octanol–water partition coefficient (Wildman–Crippen LogP) is 3.84. The number of imidazole rings is 1. The number of amides is 1. The molecule has 0 radical (unpaired) electrons. The molecule has 33 heavy (non-hydrogen) atoms. The van der Waals surface area contributed by atoms with Gasteiger partial charge in [-0.05, 0) is 23.8 Å². The topological polar surface area (TPSA) is 85.8 Å². The van der Waals surface area contributed by atoms with Crippen LogP contribution in [0, 0.1) is 5.82 Å². The molecular weight excluding hydrogens is 442 g/mol. The number of aromatic nitrogens is 3. The van der Waals surface area contributed by atoms with E-state index in [4.69, 9.17) is 10.5 Å². The van der Waals surface area contributed by atoms with Crippen molar-refractivity contribution in [3.05, 3.63) is 71.4 Å². The number of carbonyl (C=O) groups is 1. The Morgan fingerprint density at radius 1 is 1.15 bits per heavy atom. The number of halogens is 4. The summed E-state index contributed by atoms with van der Waals surface area (Å²) in [6.45, 7) is 0.451. The van der Waals surface area contributed by atoms with Crippen LogP contribution in [0.25, 0.3) is 16.6 Å². The summed E-state index contributed by atoms with van der Waals surface area (Å²) in [6.07, 6.45) is -2.06. The number of alkyl halides is 3. The van der Waals surface area contributed by atoms with Crippen molar-refractivity contribution in [1.82, 2.24) is 19.3 Å². The summed E-state index contributed by atoms with van der Waals surface area (Å²) in [6, 6.07) is 7.13. The first-order valence-corrected chi connectivity index (χ1v) is 10.0. The largest absolute Gasteiger partial charge is 0.416 e. The monoisotopic (exact) mass is 459 g/mol. The van der Waals surface area contributed by atoms with Gasteiger partial charge in [0.15, 0.2) is 0 Å². The smallest absolute Gasteiger partial charge is 0.382 e. The molecule has 1 amide bonds. The summed E-state index contributed by atoms with van der Waals surface area (Å²) < 4.78 is 60.6. The second kappa shape index (κ2) is 7.69. The van der Waals surface area contributed by atoms with Crippen LogP contribution in [-0.2, 0) is 10.9 Å². The molecule has 170 valence electrons. The molecule has 4 aromatic rings. The molecule has 0 bridgehead atoms. The van der Waals surface area contributed by atoms with Crippen LogP contribution in [0.1, 0.15) is 27.6 Å². The summed E-state index contributed by atoms with van der Waals surface area (Å²) in [5, 5.41) is 0. The molecule has 5 rings (SSSR count). The molecule has 1 atom stereocenters. The first-order chi connectivity index (χ1) is 15.7. The molecule has 2 N–H and O–H groups in total. The van der Waals surface area contributed by atoms with Crippen LogP contribution in [0.3, 0.4) is 0 Å². The summed E-state index contributed by atoms with van der Waals surface area (Å²) in [7, 11) is 0. The lowest BCUT2D eigenvalue weighted by atomic mass is 10.0. The normalized spacial score (nSPS) is 17.1. The van der Waals surface area contributed by atoms with Crippen molar-refractivity contribution >= 4 is 28.3 Å². The van der Waals surface area contributed by atoms with Gasteiger partial charge in [-0.2, -0.15) is 13.2 Å². The maximum absolute atomic E-state index is 14.9. The van der Waals surface area contributed by atoms with Crippen molar-refractivity contribution < 1.29 is 27.1 Å². The van der Waals surface area contributed by atoms with Gasteiger partial charge in [0, 0.05) is 12.6 Å². The lowest BCUT2D eigenvalue weighted by Crippen LogP contribution is -2.42. The van der Waals surface area contributed by atoms with Gasteiger partial charge in [0.05, 0.1) is 47.8 Å². The van der Waals surface area contributed by atoms with Gasteiger partial charge < -0.3 is 15.4 Å². The van der Waals surface area contributed by atoms with Crippen LogP contribution in [0.2, 0.25) is 0 Å². The standard InChI is InChI=1S/C22H17F4N5O2/c23-15-8-16-17(31-11-28-9-18(31)20(27)29-16)7-14(15)21(32)30-5-6-33-19(10-30)12-1-3-13(4-2-12)22(24,25)26/h1-4,7-9,11,19H,5-6,10H2,(H2,27,29)/t19-/m1/s1. The Bertz CT molecular complexity index is 1370. The predicted molar refractivity (Wildman–Crippen MR) is 111 cm³/mol. The van der Waals surface area contributed by atoms with Gasteiger partial charge in [-0.1, -0.05) is 12.1 Å². The van der Waals surface area contributed by atoms with Crippen LogP contribution < -0.4 is 5.73 Å². The fraction of sp³-hybridized carbons (Fsp3) is 0.227. The number of morpholine rings is 1. The van der Waals surface area contributed by atoms with Crippen LogP contribution in [0.15, 0.2) is 48.9 Å². The van der Waals surface area contributed by atoms with Crippen molar-refractivity contribution in [2.24, 2.45) is 0 Å². The Morgan fingerprint density at radius 3 is 2.64 bits per heavy atom. The minimum atomic E-state index is -4.44. The second-order valence-electron chi connectivity index (χ2n) is 7.70. The average molecular weight is 459 g/mol. The van der Waals surface area contributed by atoms with E-state index >= 15 is 0 Å². The van der Waals surface area contributed by atoms with Crippen molar-refractivity contribution in [3.8, 4) is 0 Å². The second-order valence-corrected chi connectivity index (χ2v) is 7.70. The van der Waals surface area contributed by atoms with Gasteiger partial charge in [-0.15, -0.1) is 0 Å². The van der Waals surface area contributed by atoms with Crippen LogP contribution in [-0.4, -0.2) is 44.9 Å². The van der Waals surface area contributed by atoms with Gasteiger partial charge in [0.1, 0.15) is 23.3 Å². The SMILES string of the molecule is Nc1nc2cc(F)c(C(=O)N3CCO[C@@H](c4ccc(C(F)(F)F)cc4)C3)cc2n2cncc12. The molecule has 2 aromatic heterocycles. The van der Waals surface area contributed by atoms with E-state index in [0.29, 0.717) is 16.6 Å². The van der Waals surface area contributed by atoms with Crippen molar-refractivity contribution in [1.29, 1.82) is 0 Å². The minimum Gasteiger partial charge on any atom is -0.382 e. The third-order valence-corrected chi connectivity index (χ3v) is 5.66. The highest BCUT2D eigenvalue weighted by Crippen LogP contribution is 2.31. The number of nitrogen functional groups attached to an aromatic ring is 1. The zero-order valence-corrected chi connectivity index (χ0v) is 17.0. The Kier molecular flexibility index (Phi) is 4.93. The fourth-order valence-corrected chi connectivity index (χ4v) is 3.95. The first kappa shape index (κ1) is 21.1. The number of rotatable bonds is 2. The van der Waals surface area contributed by atoms with Crippen molar-refractivity contribution in [2.75, 3.05) is 25.4 Å². The highest BCUT2D eigenvalue weighted by Gasteiger charge is 2.32. The third kappa shape index (κ3) is 3.74. The molecule has 0 unspecified atom stereocenters. The molecule has 2 aromatic carbocycles. The number of nitrogens with zero attached hydrogens (tertiary/aromatic N) is 4. The average Bonchev–Trinajstić information content (AvgIpc) is 3.29. The Morgan fingerprint density at radius 2 is 1.91 bits per heavy atom. The third-order valence-electron chi connectivity index (χ3n) is 5.66. The van der Waals surface area contributed by atoms with Crippen molar-refractivity contribution in [2.45, 2.75) is 12.3 Å². The van der Waals surface area contributed by atoms with Gasteiger partial charge >= 0.3 is 6.18 Å². The number of ether oxygens (including phenoxy) is 1. The highest BCUT2D eigenvalue weighted by atomic mass is 19.4. The quantitative estimate of drug-likeness (QED) is 0.461. The summed E-state index contributed by atoms with van der Waals surface area (Å²) in [5.41, 5.74) is 6.73. The molecule has 1 fully saturated rings. The van der Waals surface area contributed by atoms with Crippen LogP contribution in [0.5, 0.6) is 0 Å². The Hall–Kier alpha value is -3.73. The molecule has 0 saturated carbocycles. The maximum atomic E-state index is 14.9. The number of nitrogens with two attached hydrogens (primary N) is 1. The molecule has 1 aliphatic rings. The molecule has 3 heterocycles. The molecule has 7 nitrogen and oxygen atoms in total. The fourth-order valence-electron chi connectivity index (χ4n) is 3.95. The van der Waals surface area contributed by atoms with Gasteiger partial charge in [0.25, 0.3) is 5.91 Å². The minimum absolute atomic E-state index is 0.0716. The maximum Gasteiger partial charge on any atom is 0.416 e. The number of benzene rings is 2. The van der Waals surface area contributed by atoms with E-state index in [1.807, 2.05) is 0 Å². The number of hydrogen-bond acceptors (Lipinski definition) is 5. The number of anilines is 1. The Labute approximate surface area is 184 Å². The highest BCUT2D eigenvalue weighted by molar-refractivity contribution is 5.98. The Balaban J connectivity index is 1.44. The number of carbonyl (C=O) groups excluding carboxylic acids is 1. The first-order valence-electron chi connectivity index (χ1n) is 10.0. The van der Waals surface area contributed by atoms with E-state index in [0.717, 1.165) is 18.2 Å². The lowest BCUT2D eigenvalue weighted by Gasteiger charge is -2.33. The van der Waals surface area contributed by atoms with E-state index < -0.39 is 29.6 Å². The molecule has 11 heteroatoms. The summed E-state index contributed by atoms with van der Waals surface area (Å²) in [5.74, 6) is -1.12. The molecular formula is C22H17F4N5O2. The van der Waals surface area contributed by atoms with Gasteiger partial charge in [-0.3, -0.25) is 9.20 Å². The van der Waals surface area contributed by atoms with Crippen LogP contribution >= 0.6 is 0 Å². The summed E-state index contributed by atoms with van der Waals surface area (Å²) >= 11 is 0.